The third-order valence-corrected chi connectivity index (χ3v) is 5.06. The largest absolute Gasteiger partial charge is 0.497 e. The molecule has 3 aromatic carbocycles. The number of fused-ring (bicyclic) bond motifs is 1. The summed E-state index contributed by atoms with van der Waals surface area (Å²) in [7, 11) is 1.61. The van der Waals surface area contributed by atoms with Crippen LogP contribution in [0.2, 0.25) is 0 Å². The standard InChI is InChI=1S/C25H23NO4/c1-17-15-22(21-14-13-20(28-2)16-23(21)29-17)26-30-25(27)24(18-9-5-3-6-10-18)19-11-7-4-8-12-19/h3-14,16-17,24H,15H2,1-2H3/b26-22-/t17-/m0/s1. The van der Waals surface area contributed by atoms with Gasteiger partial charge in [-0.2, -0.15) is 0 Å². The first-order valence-corrected chi connectivity index (χ1v) is 9.88. The van der Waals surface area contributed by atoms with Gasteiger partial charge in [0.25, 0.3) is 0 Å². The zero-order valence-electron chi connectivity index (χ0n) is 16.9. The molecule has 5 nitrogen and oxygen atoms in total. The average molecular weight is 401 g/mol. The molecule has 0 bridgehead atoms. The number of carbonyl (C=O) groups is 1. The summed E-state index contributed by atoms with van der Waals surface area (Å²) in [5.41, 5.74) is 3.20. The molecule has 3 aromatic rings. The highest BCUT2D eigenvalue weighted by molar-refractivity contribution is 6.04. The van der Waals surface area contributed by atoms with Crippen molar-refractivity contribution >= 4 is 11.7 Å². The first-order chi connectivity index (χ1) is 14.7. The van der Waals surface area contributed by atoms with E-state index in [1.54, 1.807) is 7.11 Å². The fourth-order valence-electron chi connectivity index (χ4n) is 3.60. The van der Waals surface area contributed by atoms with Crippen LogP contribution in [0.1, 0.15) is 36.0 Å². The van der Waals surface area contributed by atoms with Crippen molar-refractivity contribution in [3.05, 3.63) is 95.6 Å². The Labute approximate surface area is 175 Å². The van der Waals surface area contributed by atoms with Gasteiger partial charge in [-0.3, -0.25) is 0 Å². The van der Waals surface area contributed by atoms with Crippen LogP contribution in [0.3, 0.4) is 0 Å². The zero-order valence-corrected chi connectivity index (χ0v) is 16.9. The first-order valence-electron chi connectivity index (χ1n) is 9.88. The van der Waals surface area contributed by atoms with Crippen LogP contribution >= 0.6 is 0 Å². The van der Waals surface area contributed by atoms with Crippen molar-refractivity contribution in [1.29, 1.82) is 0 Å². The Hall–Kier alpha value is -3.60. The molecule has 0 aliphatic carbocycles. The molecule has 0 N–H and O–H groups in total. The molecule has 1 aliphatic heterocycles. The molecular formula is C25H23NO4. The lowest BCUT2D eigenvalue weighted by molar-refractivity contribution is -0.144. The second-order valence-corrected chi connectivity index (χ2v) is 7.20. The second-order valence-electron chi connectivity index (χ2n) is 7.20. The number of benzene rings is 3. The number of hydrogen-bond acceptors (Lipinski definition) is 5. The maximum Gasteiger partial charge on any atom is 0.346 e. The minimum atomic E-state index is -0.552. The Bertz CT molecular complexity index is 1010. The Morgan fingerprint density at radius 2 is 1.63 bits per heavy atom. The average Bonchev–Trinajstić information content (AvgIpc) is 2.78. The third kappa shape index (κ3) is 4.20. The third-order valence-electron chi connectivity index (χ3n) is 5.06. The highest BCUT2D eigenvalue weighted by atomic mass is 16.7. The molecular weight excluding hydrogens is 378 g/mol. The minimum absolute atomic E-state index is 0.0823. The quantitative estimate of drug-likeness (QED) is 0.449. The second kappa shape index (κ2) is 8.82. The first kappa shape index (κ1) is 19.7. The summed E-state index contributed by atoms with van der Waals surface area (Å²) in [6, 6.07) is 24.7. The normalized spacial score (nSPS) is 16.6. The molecule has 0 aromatic heterocycles. The minimum Gasteiger partial charge on any atom is -0.497 e. The lowest BCUT2D eigenvalue weighted by Crippen LogP contribution is -2.25. The van der Waals surface area contributed by atoms with Gasteiger partial charge in [0.1, 0.15) is 23.5 Å². The molecule has 0 fully saturated rings. The van der Waals surface area contributed by atoms with Crippen LogP contribution in [0.5, 0.6) is 11.5 Å². The molecule has 0 saturated carbocycles. The number of ether oxygens (including phenoxy) is 2. The molecule has 4 rings (SSSR count). The highest BCUT2D eigenvalue weighted by Gasteiger charge is 2.27. The Balaban J connectivity index is 1.63. The predicted molar refractivity (Wildman–Crippen MR) is 115 cm³/mol. The van der Waals surface area contributed by atoms with Gasteiger partial charge in [-0.25, -0.2) is 4.79 Å². The number of rotatable bonds is 5. The van der Waals surface area contributed by atoms with Crippen molar-refractivity contribution in [2.45, 2.75) is 25.4 Å². The Kier molecular flexibility index (Phi) is 5.80. The summed E-state index contributed by atoms with van der Waals surface area (Å²) in [5.74, 6) is 0.399. The molecule has 0 radical (unpaired) electrons. The van der Waals surface area contributed by atoms with Crippen LogP contribution in [-0.2, 0) is 9.63 Å². The zero-order chi connectivity index (χ0) is 20.9. The van der Waals surface area contributed by atoms with Gasteiger partial charge < -0.3 is 14.3 Å². The van der Waals surface area contributed by atoms with E-state index < -0.39 is 11.9 Å². The Morgan fingerprint density at radius 3 is 2.23 bits per heavy atom. The van der Waals surface area contributed by atoms with Gasteiger partial charge in [0.05, 0.1) is 12.8 Å². The van der Waals surface area contributed by atoms with E-state index in [-0.39, 0.29) is 6.10 Å². The fraction of sp³-hybridized carbons (Fsp3) is 0.200. The van der Waals surface area contributed by atoms with E-state index in [1.165, 1.54) is 0 Å². The van der Waals surface area contributed by atoms with Crippen LogP contribution in [0, 0.1) is 0 Å². The number of oxime groups is 1. The SMILES string of the molecule is COc1ccc2c(c1)O[C@@H](C)C/C2=N/OC(=O)C(c1ccccc1)c1ccccc1. The number of nitrogens with zero attached hydrogens (tertiary/aromatic N) is 1. The summed E-state index contributed by atoms with van der Waals surface area (Å²) in [5, 5.41) is 4.25. The summed E-state index contributed by atoms with van der Waals surface area (Å²) < 4.78 is 11.2. The molecule has 0 saturated heterocycles. The predicted octanol–water partition coefficient (Wildman–Crippen LogP) is 4.95. The van der Waals surface area contributed by atoms with E-state index in [4.69, 9.17) is 14.3 Å². The van der Waals surface area contributed by atoms with E-state index in [0.29, 0.717) is 23.6 Å². The van der Waals surface area contributed by atoms with Crippen molar-refractivity contribution < 1.29 is 19.1 Å². The smallest absolute Gasteiger partial charge is 0.346 e. The van der Waals surface area contributed by atoms with Gasteiger partial charge in [0, 0.05) is 18.1 Å². The van der Waals surface area contributed by atoms with Crippen LogP contribution in [-0.4, -0.2) is 24.9 Å². The Morgan fingerprint density at radius 1 is 1.00 bits per heavy atom. The van der Waals surface area contributed by atoms with Crippen molar-refractivity contribution in [1.82, 2.24) is 0 Å². The summed E-state index contributed by atoms with van der Waals surface area (Å²) in [4.78, 5) is 18.6. The molecule has 1 heterocycles. The highest BCUT2D eigenvalue weighted by Crippen LogP contribution is 2.32. The maximum absolute atomic E-state index is 13.1. The molecule has 0 unspecified atom stereocenters. The van der Waals surface area contributed by atoms with E-state index in [0.717, 1.165) is 16.7 Å². The van der Waals surface area contributed by atoms with Crippen molar-refractivity contribution in [2.75, 3.05) is 7.11 Å². The van der Waals surface area contributed by atoms with E-state index >= 15 is 0 Å². The van der Waals surface area contributed by atoms with Gasteiger partial charge in [-0.05, 0) is 30.2 Å². The number of hydrogen-bond donors (Lipinski definition) is 0. The molecule has 152 valence electrons. The van der Waals surface area contributed by atoms with Gasteiger partial charge >= 0.3 is 5.97 Å². The lowest BCUT2D eigenvalue weighted by atomic mass is 9.91. The van der Waals surface area contributed by atoms with E-state index in [1.807, 2.05) is 85.8 Å². The molecule has 0 spiro atoms. The lowest BCUT2D eigenvalue weighted by Gasteiger charge is -2.24. The van der Waals surface area contributed by atoms with Crippen molar-refractivity contribution in [3.8, 4) is 11.5 Å². The summed E-state index contributed by atoms with van der Waals surface area (Å²) in [6.45, 7) is 1.95. The molecule has 5 heteroatoms. The van der Waals surface area contributed by atoms with Gasteiger partial charge in [0.15, 0.2) is 0 Å². The van der Waals surface area contributed by atoms with E-state index in [2.05, 4.69) is 5.16 Å². The molecule has 1 atom stereocenters. The molecule has 0 amide bonds. The van der Waals surface area contributed by atoms with Gasteiger partial charge in [0.2, 0.25) is 0 Å². The summed E-state index contributed by atoms with van der Waals surface area (Å²) in [6.07, 6.45) is 0.467. The topological polar surface area (TPSA) is 57.1 Å². The maximum atomic E-state index is 13.1. The van der Waals surface area contributed by atoms with Crippen LogP contribution in [0.15, 0.2) is 84.0 Å². The van der Waals surface area contributed by atoms with E-state index in [9.17, 15) is 4.79 Å². The van der Waals surface area contributed by atoms with Gasteiger partial charge in [-0.1, -0.05) is 65.8 Å². The number of methoxy groups -OCH3 is 1. The van der Waals surface area contributed by atoms with Crippen LogP contribution in [0.4, 0.5) is 0 Å². The van der Waals surface area contributed by atoms with Gasteiger partial charge in [-0.15, -0.1) is 0 Å². The molecule has 30 heavy (non-hydrogen) atoms. The van der Waals surface area contributed by atoms with Crippen molar-refractivity contribution in [2.24, 2.45) is 5.16 Å². The van der Waals surface area contributed by atoms with Crippen LogP contribution in [0.25, 0.3) is 0 Å². The van der Waals surface area contributed by atoms with Crippen LogP contribution < -0.4 is 9.47 Å². The number of carbonyl (C=O) groups excluding carboxylic acids is 1. The monoisotopic (exact) mass is 401 g/mol. The summed E-state index contributed by atoms with van der Waals surface area (Å²) >= 11 is 0. The molecule has 1 aliphatic rings. The van der Waals surface area contributed by atoms with Crippen molar-refractivity contribution in [3.63, 3.8) is 0 Å². The fourth-order valence-corrected chi connectivity index (χ4v) is 3.60.